The van der Waals surface area contributed by atoms with Gasteiger partial charge >= 0.3 is 0 Å². The van der Waals surface area contributed by atoms with Gasteiger partial charge in [-0.25, -0.2) is 0 Å². The third kappa shape index (κ3) is 1.76. The highest BCUT2D eigenvalue weighted by Crippen LogP contribution is 2.35. The lowest BCUT2D eigenvalue weighted by molar-refractivity contribution is 1.52. The van der Waals surface area contributed by atoms with Crippen molar-refractivity contribution in [1.29, 1.82) is 0 Å². The van der Waals surface area contributed by atoms with Gasteiger partial charge in [-0.1, -0.05) is 42.5 Å². The van der Waals surface area contributed by atoms with Crippen molar-refractivity contribution in [3.8, 4) is 0 Å². The van der Waals surface area contributed by atoms with E-state index in [1.54, 1.807) is 0 Å². The number of fused-ring (bicyclic) bond motifs is 2. The summed E-state index contributed by atoms with van der Waals surface area (Å²) in [5, 5.41) is 5.49. The Bertz CT molecular complexity index is 730. The lowest BCUT2D eigenvalue weighted by Gasteiger charge is -2.11. The van der Waals surface area contributed by atoms with E-state index in [1.165, 1.54) is 34.2 Å². The molecule has 0 aliphatic carbocycles. The summed E-state index contributed by atoms with van der Waals surface area (Å²) in [4.78, 5) is 0. The number of hydrogen-bond acceptors (Lipinski definition) is 0. The molecule has 0 bridgehead atoms. The molecule has 3 rings (SSSR count). The summed E-state index contributed by atoms with van der Waals surface area (Å²) in [5.41, 5.74) is 1.36. The Labute approximate surface area is 128 Å². The minimum atomic E-state index is 1.36. The van der Waals surface area contributed by atoms with Crippen LogP contribution in [0.2, 0.25) is 0 Å². The van der Waals surface area contributed by atoms with Crippen molar-refractivity contribution in [3.05, 3.63) is 55.2 Å². The molecule has 0 unspecified atom stereocenters. The lowest BCUT2D eigenvalue weighted by Crippen LogP contribution is -1.89. The maximum Gasteiger partial charge on any atom is 0.0290 e. The van der Waals surface area contributed by atoms with Crippen LogP contribution in [0.15, 0.2) is 42.5 Å². The number of aryl methyl sites for hydroxylation is 1. The Morgan fingerprint density at radius 2 is 1.29 bits per heavy atom. The summed E-state index contributed by atoms with van der Waals surface area (Å²) in [6, 6.07) is 15.2. The molecular weight excluding hydrogens is 434 g/mol. The standard InChI is InChI=1S/C15H10I2/c1-9-5-4-8-12-13(9)15(17)11-7-3-2-6-10(11)14(12)16/h2-8H,1H3. The molecule has 0 saturated carbocycles. The maximum atomic E-state index is 2.48. The number of rotatable bonds is 0. The van der Waals surface area contributed by atoms with E-state index in [4.69, 9.17) is 0 Å². The summed E-state index contributed by atoms with van der Waals surface area (Å²) >= 11 is 4.94. The Kier molecular flexibility index (Phi) is 3.02. The van der Waals surface area contributed by atoms with Gasteiger partial charge in [-0.15, -0.1) is 0 Å². The second-order valence-electron chi connectivity index (χ2n) is 4.17. The third-order valence-electron chi connectivity index (χ3n) is 3.13. The Morgan fingerprint density at radius 3 is 2.00 bits per heavy atom. The first-order valence-electron chi connectivity index (χ1n) is 5.45. The molecular formula is C15H10I2. The zero-order chi connectivity index (χ0) is 12.0. The minimum Gasteiger partial charge on any atom is -0.0616 e. The summed E-state index contributed by atoms with van der Waals surface area (Å²) < 4.78 is 2.73. The average Bonchev–Trinajstić information content (AvgIpc) is 2.36. The maximum absolute atomic E-state index is 2.48. The van der Waals surface area contributed by atoms with Crippen LogP contribution < -0.4 is 0 Å². The lowest BCUT2D eigenvalue weighted by atomic mass is 10.0. The van der Waals surface area contributed by atoms with Crippen LogP contribution in [0.5, 0.6) is 0 Å². The van der Waals surface area contributed by atoms with Crippen molar-refractivity contribution in [3.63, 3.8) is 0 Å². The normalized spacial score (nSPS) is 11.2. The van der Waals surface area contributed by atoms with E-state index in [0.717, 1.165) is 0 Å². The minimum absolute atomic E-state index is 1.36. The fourth-order valence-electron chi connectivity index (χ4n) is 2.29. The van der Waals surface area contributed by atoms with Gasteiger partial charge in [0.2, 0.25) is 0 Å². The fraction of sp³-hybridized carbons (Fsp3) is 0.0667. The first kappa shape index (κ1) is 11.7. The molecule has 0 aliphatic heterocycles. The molecule has 0 atom stereocenters. The molecule has 0 heterocycles. The van der Waals surface area contributed by atoms with Gasteiger partial charge < -0.3 is 0 Å². The first-order chi connectivity index (χ1) is 8.20. The number of benzene rings is 3. The highest BCUT2D eigenvalue weighted by atomic mass is 127. The second kappa shape index (κ2) is 4.39. The van der Waals surface area contributed by atoms with Gasteiger partial charge in [0.25, 0.3) is 0 Å². The van der Waals surface area contributed by atoms with Crippen molar-refractivity contribution in [2.75, 3.05) is 0 Å². The van der Waals surface area contributed by atoms with Crippen molar-refractivity contribution in [1.82, 2.24) is 0 Å². The largest absolute Gasteiger partial charge is 0.0616 e. The summed E-state index contributed by atoms with van der Waals surface area (Å²) in [6.07, 6.45) is 0. The van der Waals surface area contributed by atoms with E-state index in [1.807, 2.05) is 0 Å². The molecule has 17 heavy (non-hydrogen) atoms. The summed E-state index contributed by atoms with van der Waals surface area (Å²) in [7, 11) is 0. The molecule has 0 aliphatic rings. The second-order valence-corrected chi connectivity index (χ2v) is 6.33. The van der Waals surface area contributed by atoms with Gasteiger partial charge in [0, 0.05) is 7.14 Å². The van der Waals surface area contributed by atoms with Crippen LogP contribution in [0.25, 0.3) is 21.5 Å². The molecule has 0 N–H and O–H groups in total. The zero-order valence-corrected chi connectivity index (χ0v) is 13.6. The number of halogens is 2. The molecule has 0 radical (unpaired) electrons. The van der Waals surface area contributed by atoms with E-state index in [0.29, 0.717) is 0 Å². The highest BCUT2D eigenvalue weighted by Gasteiger charge is 2.11. The van der Waals surface area contributed by atoms with Crippen LogP contribution in [0.1, 0.15) is 5.56 Å². The molecule has 2 heteroatoms. The zero-order valence-electron chi connectivity index (χ0n) is 9.30. The fourth-order valence-corrected chi connectivity index (χ4v) is 4.39. The first-order valence-corrected chi connectivity index (χ1v) is 7.61. The monoisotopic (exact) mass is 444 g/mol. The van der Waals surface area contributed by atoms with E-state index < -0.39 is 0 Å². The Hall–Kier alpha value is -0.360. The molecule has 84 valence electrons. The topological polar surface area (TPSA) is 0 Å². The average molecular weight is 444 g/mol. The SMILES string of the molecule is Cc1cccc2c(I)c3ccccc3c(I)c12. The van der Waals surface area contributed by atoms with Gasteiger partial charge in [-0.05, 0) is 79.2 Å². The van der Waals surface area contributed by atoms with Gasteiger partial charge in [0.05, 0.1) is 0 Å². The van der Waals surface area contributed by atoms with Crippen LogP contribution in [-0.4, -0.2) is 0 Å². The van der Waals surface area contributed by atoms with Gasteiger partial charge in [0.1, 0.15) is 0 Å². The molecule has 0 fully saturated rings. The molecule has 0 saturated heterocycles. The molecule has 0 nitrogen and oxygen atoms in total. The van der Waals surface area contributed by atoms with Crippen LogP contribution in [0.4, 0.5) is 0 Å². The van der Waals surface area contributed by atoms with E-state index in [-0.39, 0.29) is 0 Å². The smallest absolute Gasteiger partial charge is 0.0290 e. The van der Waals surface area contributed by atoms with Crippen LogP contribution in [0, 0.1) is 14.1 Å². The van der Waals surface area contributed by atoms with E-state index in [9.17, 15) is 0 Å². The highest BCUT2D eigenvalue weighted by molar-refractivity contribution is 14.1. The van der Waals surface area contributed by atoms with Crippen LogP contribution in [-0.2, 0) is 0 Å². The molecule has 0 spiro atoms. The third-order valence-corrected chi connectivity index (χ3v) is 5.41. The molecule has 3 aromatic rings. The molecule has 0 aromatic heterocycles. The quantitative estimate of drug-likeness (QED) is 0.317. The van der Waals surface area contributed by atoms with Gasteiger partial charge in [0.15, 0.2) is 0 Å². The summed E-state index contributed by atoms with van der Waals surface area (Å²) in [6.45, 7) is 2.19. The van der Waals surface area contributed by atoms with Gasteiger partial charge in [-0.3, -0.25) is 0 Å². The van der Waals surface area contributed by atoms with Crippen molar-refractivity contribution in [2.24, 2.45) is 0 Å². The van der Waals surface area contributed by atoms with Crippen molar-refractivity contribution >= 4 is 66.7 Å². The summed E-state index contributed by atoms with van der Waals surface area (Å²) in [5.74, 6) is 0. The molecule has 3 aromatic carbocycles. The van der Waals surface area contributed by atoms with Crippen LogP contribution >= 0.6 is 45.2 Å². The van der Waals surface area contributed by atoms with Crippen molar-refractivity contribution < 1.29 is 0 Å². The van der Waals surface area contributed by atoms with Gasteiger partial charge in [-0.2, -0.15) is 0 Å². The van der Waals surface area contributed by atoms with E-state index in [2.05, 4.69) is 94.6 Å². The predicted molar refractivity (Wildman–Crippen MR) is 91.6 cm³/mol. The Balaban J connectivity index is 2.69. The number of hydrogen-bond donors (Lipinski definition) is 0. The predicted octanol–water partition coefficient (Wildman–Crippen LogP) is 5.51. The van der Waals surface area contributed by atoms with E-state index >= 15 is 0 Å². The molecule has 0 amide bonds. The van der Waals surface area contributed by atoms with Crippen molar-refractivity contribution in [2.45, 2.75) is 6.92 Å². The Morgan fingerprint density at radius 1 is 0.706 bits per heavy atom. The van der Waals surface area contributed by atoms with Crippen LogP contribution in [0.3, 0.4) is 0 Å².